The lowest BCUT2D eigenvalue weighted by molar-refractivity contribution is 1.01. The summed E-state index contributed by atoms with van der Waals surface area (Å²) in [5.41, 5.74) is 6.06. The van der Waals surface area contributed by atoms with Gasteiger partial charge in [0.25, 0.3) is 0 Å². The molecule has 0 amide bonds. The third-order valence-corrected chi connectivity index (χ3v) is 2.60. The molecule has 5 heteroatoms. The van der Waals surface area contributed by atoms with Crippen LogP contribution < -0.4 is 5.73 Å². The fourth-order valence-corrected chi connectivity index (χ4v) is 2.30. The van der Waals surface area contributed by atoms with Crippen LogP contribution in [0.3, 0.4) is 0 Å². The zero-order chi connectivity index (χ0) is 6.85. The molecule has 2 N–H and O–H groups in total. The molecule has 0 unspecified atom stereocenters. The zero-order valence-electron chi connectivity index (χ0n) is 4.40. The molecule has 0 aromatic carbocycles. The van der Waals surface area contributed by atoms with E-state index in [2.05, 4.69) is 20.9 Å². The molecule has 50 valence electrons. The summed E-state index contributed by atoms with van der Waals surface area (Å²) in [5.74, 6) is 0. The Morgan fingerprint density at radius 1 is 1.78 bits per heavy atom. The number of hydrogen-bond acceptors (Lipinski definition) is 3. The number of thiazole rings is 1. The van der Waals surface area contributed by atoms with E-state index < -0.39 is 0 Å². The van der Waals surface area contributed by atoms with Crippen LogP contribution in [-0.4, -0.2) is 4.98 Å². The van der Waals surface area contributed by atoms with E-state index in [4.69, 9.17) is 17.3 Å². The zero-order valence-corrected chi connectivity index (χ0v) is 7.55. The van der Waals surface area contributed by atoms with Gasteiger partial charge in [-0.05, 0) is 15.9 Å². The maximum atomic E-state index is 5.69. The van der Waals surface area contributed by atoms with Crippen molar-refractivity contribution in [1.82, 2.24) is 4.98 Å². The van der Waals surface area contributed by atoms with Gasteiger partial charge in [-0.1, -0.05) is 22.9 Å². The first-order valence-electron chi connectivity index (χ1n) is 2.25. The van der Waals surface area contributed by atoms with Crippen molar-refractivity contribution >= 4 is 38.9 Å². The highest BCUT2D eigenvalue weighted by molar-refractivity contribution is 9.11. The van der Waals surface area contributed by atoms with Crippen LogP contribution in [0.25, 0.3) is 0 Å². The summed E-state index contributed by atoms with van der Waals surface area (Å²) >= 11 is 10.3. The van der Waals surface area contributed by atoms with E-state index in [1.807, 2.05) is 0 Å². The van der Waals surface area contributed by atoms with Crippen molar-refractivity contribution in [2.75, 3.05) is 0 Å². The molecule has 9 heavy (non-hydrogen) atoms. The van der Waals surface area contributed by atoms with E-state index in [9.17, 15) is 0 Å². The van der Waals surface area contributed by atoms with Crippen LogP contribution in [0.1, 0.15) is 5.69 Å². The number of hydrogen-bond donors (Lipinski definition) is 1. The highest BCUT2D eigenvalue weighted by Crippen LogP contribution is 2.27. The van der Waals surface area contributed by atoms with E-state index in [0.29, 0.717) is 10.9 Å². The molecule has 2 nitrogen and oxygen atoms in total. The molecule has 1 aromatic heterocycles. The topological polar surface area (TPSA) is 38.9 Å². The predicted molar refractivity (Wildman–Crippen MR) is 42.7 cm³/mol. The number of nitrogens with zero attached hydrogens (tertiary/aromatic N) is 1. The van der Waals surface area contributed by atoms with Crippen LogP contribution in [-0.2, 0) is 6.54 Å². The van der Waals surface area contributed by atoms with Gasteiger partial charge in [-0.2, -0.15) is 0 Å². The molecule has 1 aromatic rings. The minimum absolute atomic E-state index is 0.404. The molecule has 0 atom stereocenters. The number of nitrogens with two attached hydrogens (primary N) is 1. The molecule has 1 heterocycles. The lowest BCUT2D eigenvalue weighted by Crippen LogP contribution is -1.96. The maximum absolute atomic E-state index is 5.69. The van der Waals surface area contributed by atoms with Gasteiger partial charge in [0, 0.05) is 6.54 Å². The molecule has 0 aliphatic heterocycles. The second kappa shape index (κ2) is 2.96. The van der Waals surface area contributed by atoms with Gasteiger partial charge in [-0.3, -0.25) is 0 Å². The van der Waals surface area contributed by atoms with E-state index in [-0.39, 0.29) is 0 Å². The van der Waals surface area contributed by atoms with Crippen LogP contribution in [0.15, 0.2) is 3.92 Å². The first kappa shape index (κ1) is 7.47. The SMILES string of the molecule is NCc1nc(Br)sc1Cl. The van der Waals surface area contributed by atoms with Gasteiger partial charge in [-0.15, -0.1) is 0 Å². The minimum atomic E-state index is 0.404. The van der Waals surface area contributed by atoms with Gasteiger partial charge in [0.15, 0.2) is 3.92 Å². The van der Waals surface area contributed by atoms with Crippen molar-refractivity contribution in [3.8, 4) is 0 Å². The molecule has 0 bridgehead atoms. The van der Waals surface area contributed by atoms with E-state index >= 15 is 0 Å². The van der Waals surface area contributed by atoms with Crippen LogP contribution in [0.2, 0.25) is 4.34 Å². The predicted octanol–water partition coefficient (Wildman–Crippen LogP) is 2.02. The van der Waals surface area contributed by atoms with Crippen molar-refractivity contribution in [2.24, 2.45) is 5.73 Å². The molecular weight excluding hydrogens is 223 g/mol. The number of aromatic nitrogens is 1. The van der Waals surface area contributed by atoms with Crippen LogP contribution in [0.4, 0.5) is 0 Å². The molecule has 0 radical (unpaired) electrons. The Labute approximate surface area is 70.2 Å². The second-order valence-corrected chi connectivity index (χ2v) is 4.27. The van der Waals surface area contributed by atoms with Gasteiger partial charge < -0.3 is 5.73 Å². The van der Waals surface area contributed by atoms with Crippen LogP contribution in [0, 0.1) is 0 Å². The molecular formula is C4H4BrClN2S. The summed E-state index contributed by atoms with van der Waals surface area (Å²) in [6.07, 6.45) is 0. The van der Waals surface area contributed by atoms with Crippen molar-refractivity contribution in [2.45, 2.75) is 6.54 Å². The first-order valence-corrected chi connectivity index (χ1v) is 4.23. The molecule has 0 aliphatic rings. The second-order valence-electron chi connectivity index (χ2n) is 1.39. The monoisotopic (exact) mass is 226 g/mol. The van der Waals surface area contributed by atoms with Crippen molar-refractivity contribution in [3.05, 3.63) is 13.9 Å². The lowest BCUT2D eigenvalue weighted by atomic mass is 10.5. The van der Waals surface area contributed by atoms with Crippen molar-refractivity contribution in [1.29, 1.82) is 0 Å². The highest BCUT2D eigenvalue weighted by Gasteiger charge is 2.03. The van der Waals surface area contributed by atoms with Crippen LogP contribution >= 0.6 is 38.9 Å². The molecule has 0 fully saturated rings. The third-order valence-electron chi connectivity index (χ3n) is 0.817. The van der Waals surface area contributed by atoms with Gasteiger partial charge >= 0.3 is 0 Å². The standard InChI is InChI=1S/C4H4BrClN2S/c5-4-8-2(1-7)3(6)9-4/h1,7H2. The Morgan fingerprint density at radius 3 is 2.67 bits per heavy atom. The lowest BCUT2D eigenvalue weighted by Gasteiger charge is -1.84. The Kier molecular flexibility index (Phi) is 2.46. The molecule has 0 aliphatic carbocycles. The van der Waals surface area contributed by atoms with E-state index in [1.54, 1.807) is 0 Å². The first-order chi connectivity index (χ1) is 4.24. The maximum Gasteiger partial charge on any atom is 0.160 e. The Morgan fingerprint density at radius 2 is 2.44 bits per heavy atom. The van der Waals surface area contributed by atoms with Gasteiger partial charge in [-0.25, -0.2) is 4.98 Å². The van der Waals surface area contributed by atoms with Crippen LogP contribution in [0.5, 0.6) is 0 Å². The average Bonchev–Trinajstić information content (AvgIpc) is 2.10. The summed E-state index contributed by atoms with van der Waals surface area (Å²) in [5, 5.41) is 0. The van der Waals surface area contributed by atoms with Gasteiger partial charge in [0.05, 0.1) is 5.69 Å². The number of halogens is 2. The Bertz CT molecular complexity index is 212. The quantitative estimate of drug-likeness (QED) is 0.797. The minimum Gasteiger partial charge on any atom is -0.325 e. The van der Waals surface area contributed by atoms with Gasteiger partial charge in [0.1, 0.15) is 4.34 Å². The molecule has 0 saturated carbocycles. The van der Waals surface area contributed by atoms with Gasteiger partial charge in [0.2, 0.25) is 0 Å². The average molecular weight is 228 g/mol. The summed E-state index contributed by atoms with van der Waals surface area (Å²) in [6, 6.07) is 0. The number of rotatable bonds is 1. The summed E-state index contributed by atoms with van der Waals surface area (Å²) in [7, 11) is 0. The normalized spacial score (nSPS) is 10.1. The molecule has 0 spiro atoms. The summed E-state index contributed by atoms with van der Waals surface area (Å²) < 4.78 is 1.46. The molecule has 0 saturated heterocycles. The smallest absolute Gasteiger partial charge is 0.160 e. The van der Waals surface area contributed by atoms with E-state index in [0.717, 1.165) is 9.61 Å². The Balaban J connectivity index is 3.01. The van der Waals surface area contributed by atoms with Crippen molar-refractivity contribution in [3.63, 3.8) is 0 Å². The third kappa shape index (κ3) is 1.64. The summed E-state index contributed by atoms with van der Waals surface area (Å²) in [6.45, 7) is 0.404. The summed E-state index contributed by atoms with van der Waals surface area (Å²) in [4.78, 5) is 4.01. The Hall–Kier alpha value is 0.360. The fourth-order valence-electron chi connectivity index (χ4n) is 0.432. The van der Waals surface area contributed by atoms with Crippen molar-refractivity contribution < 1.29 is 0 Å². The molecule has 1 rings (SSSR count). The largest absolute Gasteiger partial charge is 0.325 e. The highest BCUT2D eigenvalue weighted by atomic mass is 79.9. The fraction of sp³-hybridized carbons (Fsp3) is 0.250. The van der Waals surface area contributed by atoms with E-state index in [1.165, 1.54) is 11.3 Å².